The van der Waals surface area contributed by atoms with Crippen LogP contribution in [0.3, 0.4) is 0 Å². The van der Waals surface area contributed by atoms with Crippen LogP contribution in [0.25, 0.3) is 10.8 Å². The molecule has 13 heteroatoms. The number of quaternary nitrogens is 1. The third-order valence-corrected chi connectivity index (χ3v) is 5.09. The molecule has 176 valence electrons. The van der Waals surface area contributed by atoms with E-state index in [4.69, 9.17) is 4.74 Å². The number of carboxylic acid groups (broad SMARTS) is 1. The van der Waals surface area contributed by atoms with E-state index in [0.717, 1.165) is 6.07 Å². The van der Waals surface area contributed by atoms with Crippen molar-refractivity contribution in [3.63, 3.8) is 0 Å². The van der Waals surface area contributed by atoms with E-state index in [1.807, 2.05) is 5.32 Å². The molecule has 0 aliphatic carbocycles. The van der Waals surface area contributed by atoms with Gasteiger partial charge in [0.25, 0.3) is 5.91 Å². The summed E-state index contributed by atoms with van der Waals surface area (Å²) in [5.74, 6) is -2.26. The number of aromatic hydroxyl groups is 1. The second kappa shape index (κ2) is 9.44. The van der Waals surface area contributed by atoms with Gasteiger partial charge in [0, 0.05) is 5.39 Å². The van der Waals surface area contributed by atoms with Gasteiger partial charge < -0.3 is 30.8 Å². The summed E-state index contributed by atoms with van der Waals surface area (Å²) in [5, 5.41) is 22.6. The number of benzene rings is 2. The lowest BCUT2D eigenvalue weighted by Gasteiger charge is -2.18. The SMILES string of the molecule is CC(C)(C)[NH3+].O=C([O-])NCCOc1ccc2c(F)c(N3CC(=O)NS3(=O)=O)c(O)cc2c1. The van der Waals surface area contributed by atoms with Gasteiger partial charge in [0.2, 0.25) is 0 Å². The van der Waals surface area contributed by atoms with Crippen molar-refractivity contribution in [3.8, 4) is 11.5 Å². The van der Waals surface area contributed by atoms with Crippen LogP contribution < -0.4 is 29.9 Å². The highest BCUT2D eigenvalue weighted by Crippen LogP contribution is 2.39. The standard InChI is InChI=1S/C15H14FN3O7S.C4H11N/c16-13-10-2-1-9(26-4-3-17-15(22)23)5-8(10)6-11(20)14(13)19-7-12(21)18-27(19,24)25;1-4(2,3)5/h1-2,5-6,17,20H,3-4,7H2,(H,18,21)(H,22,23);5H2,1-3H3. The first-order valence-electron chi connectivity index (χ1n) is 9.40. The first kappa shape index (κ1) is 24.9. The highest BCUT2D eigenvalue weighted by molar-refractivity contribution is 7.92. The number of nitrogens with one attached hydrogen (secondary N) is 2. The van der Waals surface area contributed by atoms with Gasteiger partial charge in [-0.3, -0.25) is 4.79 Å². The van der Waals surface area contributed by atoms with Gasteiger partial charge in [0.05, 0.1) is 12.1 Å². The molecule has 1 aliphatic rings. The first-order valence-corrected chi connectivity index (χ1v) is 10.8. The second-order valence-electron chi connectivity index (χ2n) is 8.10. The monoisotopic (exact) mass is 472 g/mol. The summed E-state index contributed by atoms with van der Waals surface area (Å²) in [5.41, 5.74) is 3.39. The fourth-order valence-electron chi connectivity index (χ4n) is 2.61. The molecular weight excluding hydrogens is 447 g/mol. The summed E-state index contributed by atoms with van der Waals surface area (Å²) in [6.45, 7) is 5.55. The molecule has 3 rings (SSSR count). The molecule has 1 heterocycles. The zero-order valence-corrected chi connectivity index (χ0v) is 18.6. The molecule has 1 fully saturated rings. The molecule has 0 unspecified atom stereocenters. The summed E-state index contributed by atoms with van der Waals surface area (Å²) >= 11 is 0. The minimum absolute atomic E-state index is 0.00226. The van der Waals surface area contributed by atoms with Crippen LogP contribution in [-0.4, -0.2) is 50.8 Å². The van der Waals surface area contributed by atoms with Gasteiger partial charge in [-0.05, 0) is 50.4 Å². The van der Waals surface area contributed by atoms with Crippen LogP contribution in [0, 0.1) is 5.82 Å². The summed E-state index contributed by atoms with van der Waals surface area (Å²) < 4.78 is 46.1. The van der Waals surface area contributed by atoms with Gasteiger partial charge >= 0.3 is 10.2 Å². The highest BCUT2D eigenvalue weighted by Gasteiger charge is 2.37. The predicted molar refractivity (Wildman–Crippen MR) is 112 cm³/mol. The Morgan fingerprint density at radius 1 is 1.38 bits per heavy atom. The van der Waals surface area contributed by atoms with Gasteiger partial charge in [-0.15, -0.1) is 0 Å². The van der Waals surface area contributed by atoms with Crippen molar-refractivity contribution in [3.05, 3.63) is 30.1 Å². The number of phenolic OH excluding ortho intramolecular Hbond substituents is 1. The van der Waals surface area contributed by atoms with E-state index in [-0.39, 0.29) is 35.2 Å². The Morgan fingerprint density at radius 2 is 2.00 bits per heavy atom. The number of halogens is 1. The molecule has 2 aromatic carbocycles. The van der Waals surface area contributed by atoms with Gasteiger partial charge in [0.15, 0.2) is 5.82 Å². The van der Waals surface area contributed by atoms with Gasteiger partial charge in [0.1, 0.15) is 36.4 Å². The molecule has 0 radical (unpaired) electrons. The van der Waals surface area contributed by atoms with Crippen molar-refractivity contribution in [2.45, 2.75) is 26.3 Å². The number of ether oxygens (including phenoxy) is 1. The lowest BCUT2D eigenvalue weighted by Crippen LogP contribution is -2.67. The Bertz CT molecular complexity index is 1130. The summed E-state index contributed by atoms with van der Waals surface area (Å²) in [7, 11) is -4.28. The van der Waals surface area contributed by atoms with Gasteiger partial charge in [-0.2, -0.15) is 8.42 Å². The van der Waals surface area contributed by atoms with Crippen molar-refractivity contribution in [1.82, 2.24) is 10.0 Å². The van der Waals surface area contributed by atoms with Crippen molar-refractivity contribution in [2.24, 2.45) is 0 Å². The number of hydrogen-bond acceptors (Lipinski definition) is 7. The van der Waals surface area contributed by atoms with E-state index >= 15 is 0 Å². The van der Waals surface area contributed by atoms with Crippen molar-refractivity contribution in [1.29, 1.82) is 0 Å². The molecule has 0 spiro atoms. The number of carbonyl (C=O) groups excluding carboxylic acids is 2. The molecular formula is C19H25FN4O7S. The number of amides is 2. The minimum Gasteiger partial charge on any atom is -0.530 e. The van der Waals surface area contributed by atoms with Crippen LogP contribution in [0.15, 0.2) is 24.3 Å². The van der Waals surface area contributed by atoms with Crippen molar-refractivity contribution >= 4 is 38.7 Å². The fourth-order valence-corrected chi connectivity index (χ4v) is 3.77. The smallest absolute Gasteiger partial charge is 0.326 e. The Labute approximate surface area is 184 Å². The lowest BCUT2D eigenvalue weighted by molar-refractivity contribution is -0.458. The van der Waals surface area contributed by atoms with Crippen LogP contribution in [0.1, 0.15) is 20.8 Å². The van der Waals surface area contributed by atoms with E-state index in [1.165, 1.54) is 18.2 Å². The number of rotatable bonds is 5. The first-order chi connectivity index (χ1) is 14.7. The van der Waals surface area contributed by atoms with E-state index in [2.05, 4.69) is 26.5 Å². The van der Waals surface area contributed by atoms with Crippen LogP contribution in [-0.2, 0) is 15.0 Å². The number of fused-ring (bicyclic) bond motifs is 1. The third kappa shape index (κ3) is 6.59. The van der Waals surface area contributed by atoms with Crippen LogP contribution >= 0.6 is 0 Å². The number of nitrogens with zero attached hydrogens (tertiary/aromatic N) is 1. The molecule has 0 aromatic heterocycles. The second-order valence-corrected chi connectivity index (χ2v) is 9.70. The third-order valence-electron chi connectivity index (χ3n) is 3.71. The Kier molecular flexibility index (Phi) is 7.36. The van der Waals surface area contributed by atoms with Crippen LogP contribution in [0.5, 0.6) is 11.5 Å². The predicted octanol–water partition coefficient (Wildman–Crippen LogP) is -0.796. The Hall–Kier alpha value is -3.32. The van der Waals surface area contributed by atoms with Crippen molar-refractivity contribution < 1.29 is 43.1 Å². The molecule has 0 saturated carbocycles. The van der Waals surface area contributed by atoms with E-state index in [1.54, 1.807) is 4.72 Å². The summed E-state index contributed by atoms with van der Waals surface area (Å²) in [4.78, 5) is 21.6. The average Bonchev–Trinajstić information content (AvgIpc) is 2.89. The zero-order valence-electron chi connectivity index (χ0n) is 17.8. The average molecular weight is 472 g/mol. The Balaban J connectivity index is 0.000000654. The molecule has 1 aliphatic heterocycles. The number of phenols is 1. The lowest BCUT2D eigenvalue weighted by atomic mass is 10.1. The molecule has 11 nitrogen and oxygen atoms in total. The van der Waals surface area contributed by atoms with Crippen LogP contribution in [0.4, 0.5) is 14.9 Å². The van der Waals surface area contributed by atoms with E-state index in [9.17, 15) is 32.6 Å². The summed E-state index contributed by atoms with van der Waals surface area (Å²) in [6, 6.07) is 5.24. The maximum atomic E-state index is 14.9. The molecule has 2 amide bonds. The fraction of sp³-hybridized carbons (Fsp3) is 0.368. The van der Waals surface area contributed by atoms with Crippen molar-refractivity contribution in [2.75, 3.05) is 24.0 Å². The molecule has 2 aromatic rings. The minimum atomic E-state index is -4.28. The van der Waals surface area contributed by atoms with Crippen LogP contribution in [0.2, 0.25) is 0 Å². The topological polar surface area (TPSA) is 176 Å². The maximum absolute atomic E-state index is 14.9. The van der Waals surface area contributed by atoms with E-state index in [0.29, 0.717) is 4.31 Å². The quantitative estimate of drug-likeness (QED) is 0.412. The largest absolute Gasteiger partial charge is 0.530 e. The molecule has 0 atom stereocenters. The summed E-state index contributed by atoms with van der Waals surface area (Å²) in [6.07, 6.45) is -1.44. The molecule has 0 bridgehead atoms. The van der Waals surface area contributed by atoms with Gasteiger partial charge in [-0.1, -0.05) is 0 Å². The van der Waals surface area contributed by atoms with Gasteiger partial charge in [-0.25, -0.2) is 13.4 Å². The maximum Gasteiger partial charge on any atom is 0.326 e. The van der Waals surface area contributed by atoms with E-state index < -0.39 is 46.0 Å². The normalized spacial score (nSPS) is 15.0. The molecule has 32 heavy (non-hydrogen) atoms. The Morgan fingerprint density at radius 3 is 2.53 bits per heavy atom. The number of hydrogen-bond donors (Lipinski definition) is 4. The highest BCUT2D eigenvalue weighted by atomic mass is 32.2. The number of anilines is 1. The molecule has 6 N–H and O–H groups in total. The number of carbonyl (C=O) groups is 2. The zero-order chi connectivity index (χ0) is 24.3. The molecule has 1 saturated heterocycles.